The van der Waals surface area contributed by atoms with Gasteiger partial charge < -0.3 is 15.2 Å². The molecule has 0 aromatic heterocycles. The van der Waals surface area contributed by atoms with Gasteiger partial charge in [0.25, 0.3) is 5.69 Å². The molecule has 1 saturated carbocycles. The normalized spacial score (nSPS) is 29.2. The van der Waals surface area contributed by atoms with E-state index in [-0.39, 0.29) is 5.69 Å². The van der Waals surface area contributed by atoms with E-state index in [4.69, 9.17) is 0 Å². The minimum Gasteiger partial charge on any atom is -0.390 e. The van der Waals surface area contributed by atoms with Crippen molar-refractivity contribution < 1.29 is 14.8 Å². The summed E-state index contributed by atoms with van der Waals surface area (Å²) < 4.78 is 2.95. The Kier molecular flexibility index (Phi) is 10.6. The van der Waals surface area contributed by atoms with Crippen LogP contribution in [0.15, 0.2) is 29.2 Å². The number of nitrogens with zero attached hydrogens (tertiary/aromatic N) is 1. The monoisotopic (exact) mass is 453 g/mol. The fourth-order valence-electron chi connectivity index (χ4n) is 4.50. The van der Waals surface area contributed by atoms with E-state index in [1.807, 2.05) is 14.0 Å². The number of carbonyl (C=O) groups is 1. The van der Waals surface area contributed by atoms with Crippen LogP contribution in [0.25, 0.3) is 0 Å². The fraction of sp³-hybridized carbons (Fsp3) is 0.696. The first-order valence-electron chi connectivity index (χ1n) is 10.8. The maximum absolute atomic E-state index is 10.6. The van der Waals surface area contributed by atoms with E-state index in [2.05, 4.69) is 30.8 Å². The molecule has 7 nitrogen and oxygen atoms in total. The Morgan fingerprint density at radius 1 is 1.19 bits per heavy atom. The maximum atomic E-state index is 10.6. The fourth-order valence-corrected chi connectivity index (χ4v) is 5.20. The van der Waals surface area contributed by atoms with Crippen molar-refractivity contribution in [1.82, 2.24) is 10.0 Å². The highest BCUT2D eigenvalue weighted by Crippen LogP contribution is 2.35. The summed E-state index contributed by atoms with van der Waals surface area (Å²) in [5, 5.41) is 24.1. The molecule has 0 radical (unpaired) electrons. The summed E-state index contributed by atoms with van der Waals surface area (Å²) in [6.07, 6.45) is 3.88. The highest BCUT2D eigenvalue weighted by atomic mass is 32.2. The van der Waals surface area contributed by atoms with Gasteiger partial charge in [-0.2, -0.15) is 0 Å². The molecule has 0 aliphatic heterocycles. The molecule has 5 unspecified atom stereocenters. The Morgan fingerprint density at radius 3 is 2.26 bits per heavy atom. The van der Waals surface area contributed by atoms with Crippen LogP contribution in [0.2, 0.25) is 0 Å². The summed E-state index contributed by atoms with van der Waals surface area (Å²) in [7, 11) is 2.04. The second kappa shape index (κ2) is 11.9. The third kappa shape index (κ3) is 9.68. The Labute approximate surface area is 191 Å². The van der Waals surface area contributed by atoms with Gasteiger partial charge in [-0.05, 0) is 88.9 Å². The van der Waals surface area contributed by atoms with E-state index in [0.717, 1.165) is 24.0 Å². The third-order valence-electron chi connectivity index (χ3n) is 5.66. The molecule has 1 aliphatic carbocycles. The average Bonchev–Trinajstić information content (AvgIpc) is 2.66. The molecule has 2 rings (SSSR count). The second-order valence-electron chi connectivity index (χ2n) is 9.81. The van der Waals surface area contributed by atoms with Gasteiger partial charge in [-0.1, -0.05) is 20.8 Å². The van der Waals surface area contributed by atoms with Gasteiger partial charge >= 0.3 is 0 Å². The Morgan fingerprint density at radius 2 is 1.77 bits per heavy atom. The molecule has 0 bridgehead atoms. The molecule has 5 atom stereocenters. The topological polar surface area (TPSA) is 104 Å². The van der Waals surface area contributed by atoms with Gasteiger partial charge in [0.1, 0.15) is 6.29 Å². The molecular weight excluding hydrogens is 414 g/mol. The zero-order valence-electron chi connectivity index (χ0n) is 19.8. The number of nitro benzene ring substituents is 1. The molecule has 8 heteroatoms. The van der Waals surface area contributed by atoms with Crippen molar-refractivity contribution in [2.45, 2.75) is 82.9 Å². The first kappa shape index (κ1) is 27.6. The van der Waals surface area contributed by atoms with Gasteiger partial charge in [0.05, 0.1) is 16.1 Å². The zero-order chi connectivity index (χ0) is 23.8. The number of hydrogen-bond donors (Lipinski definition) is 3. The molecule has 0 heterocycles. The van der Waals surface area contributed by atoms with Crippen LogP contribution in [0.1, 0.15) is 60.8 Å². The lowest BCUT2D eigenvalue weighted by molar-refractivity contribution is -0.384. The number of aliphatic hydroxyl groups is 1. The molecule has 1 aromatic rings. The van der Waals surface area contributed by atoms with Crippen LogP contribution in [0.5, 0.6) is 0 Å². The smallest absolute Gasteiger partial charge is 0.269 e. The van der Waals surface area contributed by atoms with Crippen LogP contribution in [0, 0.1) is 27.9 Å². The number of nitro groups is 1. The Hall–Kier alpha value is -1.48. The van der Waals surface area contributed by atoms with Crippen molar-refractivity contribution in [3.05, 3.63) is 34.4 Å². The highest BCUT2D eigenvalue weighted by molar-refractivity contribution is 7.97. The summed E-state index contributed by atoms with van der Waals surface area (Å²) >= 11 is 1.27. The van der Waals surface area contributed by atoms with Crippen molar-refractivity contribution in [1.29, 1.82) is 0 Å². The van der Waals surface area contributed by atoms with Gasteiger partial charge in [-0.15, -0.1) is 0 Å². The number of nitrogens with one attached hydrogen (secondary N) is 2. The van der Waals surface area contributed by atoms with E-state index in [0.29, 0.717) is 23.8 Å². The average molecular weight is 454 g/mol. The van der Waals surface area contributed by atoms with Gasteiger partial charge in [0.15, 0.2) is 0 Å². The first-order valence-corrected chi connectivity index (χ1v) is 11.7. The number of non-ortho nitro benzene ring substituents is 1. The van der Waals surface area contributed by atoms with Crippen LogP contribution in [0.4, 0.5) is 5.69 Å². The Balaban J connectivity index is 0.000000311. The van der Waals surface area contributed by atoms with Crippen LogP contribution in [-0.4, -0.2) is 40.5 Å². The lowest BCUT2D eigenvalue weighted by atomic mass is 9.73. The lowest BCUT2D eigenvalue weighted by Gasteiger charge is -2.39. The molecule has 1 aromatic carbocycles. The van der Waals surface area contributed by atoms with Crippen molar-refractivity contribution in [3.8, 4) is 0 Å². The molecule has 1 fully saturated rings. The molecule has 0 spiro atoms. The minimum atomic E-state index is -0.619. The lowest BCUT2D eigenvalue weighted by Crippen LogP contribution is -2.45. The first-order chi connectivity index (χ1) is 14.3. The predicted octanol–water partition coefficient (Wildman–Crippen LogP) is 4.59. The molecule has 3 N–H and O–H groups in total. The van der Waals surface area contributed by atoms with Crippen molar-refractivity contribution >= 4 is 23.9 Å². The number of benzene rings is 1. The Bertz CT molecular complexity index is 709. The van der Waals surface area contributed by atoms with Crippen LogP contribution >= 0.6 is 11.9 Å². The van der Waals surface area contributed by atoms with E-state index in [1.54, 1.807) is 26.0 Å². The summed E-state index contributed by atoms with van der Waals surface area (Å²) in [6.45, 7) is 12.3. The summed E-state index contributed by atoms with van der Waals surface area (Å²) in [6, 6.07) is 6.67. The standard InChI is InChI=1S/C13H27NO.C10H12N2O3S/c1-9-6-10(2)12(14-5)11(3)8-13(4,15)7-9;1-10(2,7-13)11-16-9-5-3-8(4-6-9)12(14)15/h9-12,14-15H,6-8H2,1-5H3;3-7,11H,1-2H3. The van der Waals surface area contributed by atoms with E-state index in [1.165, 1.54) is 30.5 Å². The van der Waals surface area contributed by atoms with Crippen molar-refractivity contribution in [2.75, 3.05) is 7.05 Å². The highest BCUT2D eigenvalue weighted by Gasteiger charge is 2.34. The van der Waals surface area contributed by atoms with E-state index < -0.39 is 16.1 Å². The summed E-state index contributed by atoms with van der Waals surface area (Å²) in [5.74, 6) is 1.88. The van der Waals surface area contributed by atoms with Crippen molar-refractivity contribution in [3.63, 3.8) is 0 Å². The molecular formula is C23H39N3O4S. The maximum Gasteiger partial charge on any atom is 0.269 e. The largest absolute Gasteiger partial charge is 0.390 e. The van der Waals surface area contributed by atoms with Crippen LogP contribution in [-0.2, 0) is 4.79 Å². The minimum absolute atomic E-state index is 0.0546. The third-order valence-corrected chi connectivity index (χ3v) is 6.79. The number of carbonyl (C=O) groups excluding carboxylic acids is 1. The van der Waals surface area contributed by atoms with Crippen LogP contribution in [0.3, 0.4) is 0 Å². The van der Waals surface area contributed by atoms with E-state index >= 15 is 0 Å². The second-order valence-corrected chi connectivity index (χ2v) is 10.7. The van der Waals surface area contributed by atoms with Gasteiger partial charge in [-0.3, -0.25) is 10.1 Å². The zero-order valence-corrected chi connectivity index (χ0v) is 20.7. The van der Waals surface area contributed by atoms with Gasteiger partial charge in [-0.25, -0.2) is 4.72 Å². The summed E-state index contributed by atoms with van der Waals surface area (Å²) in [4.78, 5) is 21.4. The molecule has 0 saturated heterocycles. The van der Waals surface area contributed by atoms with Gasteiger partial charge in [0, 0.05) is 23.1 Å². The van der Waals surface area contributed by atoms with E-state index in [9.17, 15) is 20.0 Å². The SMILES string of the molecule is CC(C)(C=O)NSc1ccc([N+](=O)[O-])cc1.CNC1C(C)CC(C)CC(C)(O)CC1C. The summed E-state index contributed by atoms with van der Waals surface area (Å²) in [5.41, 5.74) is -1.04. The predicted molar refractivity (Wildman–Crippen MR) is 127 cm³/mol. The van der Waals surface area contributed by atoms with Gasteiger partial charge in [0.2, 0.25) is 0 Å². The molecule has 1 aliphatic rings. The van der Waals surface area contributed by atoms with Crippen LogP contribution < -0.4 is 10.0 Å². The van der Waals surface area contributed by atoms with Crippen molar-refractivity contribution in [2.24, 2.45) is 17.8 Å². The molecule has 31 heavy (non-hydrogen) atoms. The number of aldehydes is 1. The molecule has 0 amide bonds. The number of rotatable bonds is 6. The number of hydrogen-bond acceptors (Lipinski definition) is 7. The quantitative estimate of drug-likeness (QED) is 0.250. The molecule has 176 valence electrons.